The molecule has 0 aliphatic rings. The van der Waals surface area contributed by atoms with E-state index < -0.39 is 5.82 Å². The van der Waals surface area contributed by atoms with E-state index in [1.165, 1.54) is 6.07 Å². The van der Waals surface area contributed by atoms with Crippen LogP contribution in [0.4, 0.5) is 10.1 Å². The Morgan fingerprint density at radius 3 is 2.53 bits per heavy atom. The van der Waals surface area contributed by atoms with Gasteiger partial charge in [-0.15, -0.1) is 0 Å². The first-order valence-corrected chi connectivity index (χ1v) is 5.20. The molecule has 0 heterocycles. The number of benzene rings is 1. The Kier molecular flexibility index (Phi) is 3.95. The minimum atomic E-state index is -0.398. The molecule has 1 aromatic rings. The Morgan fingerprint density at radius 1 is 1.33 bits per heavy atom. The van der Waals surface area contributed by atoms with E-state index >= 15 is 0 Å². The highest BCUT2D eigenvalue weighted by Crippen LogP contribution is 2.22. The lowest BCUT2D eigenvalue weighted by Crippen LogP contribution is -2.15. The van der Waals surface area contributed by atoms with Crippen molar-refractivity contribution in [3.8, 4) is 5.75 Å². The average Bonchev–Trinajstić information content (AvgIpc) is 2.08. The van der Waals surface area contributed by atoms with Gasteiger partial charge in [0.25, 0.3) is 0 Å². The maximum absolute atomic E-state index is 13.3. The minimum Gasteiger partial charge on any atom is -0.488 e. The molecule has 1 aromatic carbocycles. The van der Waals surface area contributed by atoms with E-state index in [1.807, 2.05) is 6.92 Å². The minimum absolute atomic E-state index is 0.0168. The van der Waals surface area contributed by atoms with Crippen LogP contribution < -0.4 is 10.5 Å². The van der Waals surface area contributed by atoms with Crippen molar-refractivity contribution in [1.82, 2.24) is 0 Å². The van der Waals surface area contributed by atoms with E-state index in [4.69, 9.17) is 10.5 Å². The van der Waals surface area contributed by atoms with Gasteiger partial charge in [0.15, 0.2) is 11.6 Å². The molecule has 15 heavy (non-hydrogen) atoms. The molecule has 0 saturated carbocycles. The van der Waals surface area contributed by atoms with Crippen LogP contribution in [0.1, 0.15) is 27.2 Å². The van der Waals surface area contributed by atoms with Gasteiger partial charge in [0, 0.05) is 11.8 Å². The van der Waals surface area contributed by atoms with Crippen molar-refractivity contribution in [2.45, 2.75) is 33.3 Å². The first-order chi connectivity index (χ1) is 6.99. The van der Waals surface area contributed by atoms with Gasteiger partial charge in [-0.25, -0.2) is 4.39 Å². The van der Waals surface area contributed by atoms with Gasteiger partial charge < -0.3 is 10.5 Å². The van der Waals surface area contributed by atoms with E-state index in [9.17, 15) is 4.39 Å². The summed E-state index contributed by atoms with van der Waals surface area (Å²) in [5.41, 5.74) is 5.86. The number of hydrogen-bond donors (Lipinski definition) is 1. The van der Waals surface area contributed by atoms with Crippen LogP contribution >= 0.6 is 0 Å². The van der Waals surface area contributed by atoms with Crippen molar-refractivity contribution < 1.29 is 9.13 Å². The molecule has 0 aliphatic heterocycles. The molecule has 0 spiro atoms. The highest BCUT2D eigenvalue weighted by molar-refractivity contribution is 5.42. The van der Waals surface area contributed by atoms with E-state index in [1.54, 1.807) is 12.1 Å². The third-order valence-electron chi connectivity index (χ3n) is 2.09. The van der Waals surface area contributed by atoms with Crippen LogP contribution in [-0.2, 0) is 0 Å². The number of halogens is 1. The smallest absolute Gasteiger partial charge is 0.167 e. The van der Waals surface area contributed by atoms with E-state index in [0.717, 1.165) is 6.42 Å². The third-order valence-corrected chi connectivity index (χ3v) is 2.09. The molecular formula is C12H18FNO. The summed E-state index contributed by atoms with van der Waals surface area (Å²) >= 11 is 0. The fourth-order valence-corrected chi connectivity index (χ4v) is 1.54. The van der Waals surface area contributed by atoms with Crippen LogP contribution in [-0.4, -0.2) is 6.10 Å². The Hall–Kier alpha value is -1.25. The fourth-order valence-electron chi connectivity index (χ4n) is 1.54. The van der Waals surface area contributed by atoms with E-state index in [2.05, 4.69) is 13.8 Å². The third kappa shape index (κ3) is 3.78. The van der Waals surface area contributed by atoms with Crippen molar-refractivity contribution >= 4 is 5.69 Å². The molecule has 0 bridgehead atoms. The van der Waals surface area contributed by atoms with Crippen LogP contribution in [0.15, 0.2) is 18.2 Å². The Labute approximate surface area is 90.2 Å². The summed E-state index contributed by atoms with van der Waals surface area (Å²) in [7, 11) is 0. The number of nitrogens with two attached hydrogens (primary N) is 1. The summed E-state index contributed by atoms with van der Waals surface area (Å²) in [5.74, 6) is 0.416. The Balaban J connectivity index is 2.64. The van der Waals surface area contributed by atoms with Crippen molar-refractivity contribution in [3.05, 3.63) is 24.0 Å². The molecular weight excluding hydrogens is 193 g/mol. The summed E-state index contributed by atoms with van der Waals surface area (Å²) in [4.78, 5) is 0. The van der Waals surface area contributed by atoms with E-state index in [-0.39, 0.29) is 11.9 Å². The molecule has 1 unspecified atom stereocenters. The molecule has 1 atom stereocenters. The van der Waals surface area contributed by atoms with Gasteiger partial charge in [0.1, 0.15) is 0 Å². The lowest BCUT2D eigenvalue weighted by Gasteiger charge is -2.17. The summed E-state index contributed by atoms with van der Waals surface area (Å²) in [5, 5.41) is 0. The lowest BCUT2D eigenvalue weighted by molar-refractivity contribution is 0.185. The molecule has 0 amide bonds. The highest BCUT2D eigenvalue weighted by atomic mass is 19.1. The van der Waals surface area contributed by atoms with Crippen molar-refractivity contribution in [2.24, 2.45) is 5.92 Å². The van der Waals surface area contributed by atoms with Gasteiger partial charge >= 0.3 is 0 Å². The van der Waals surface area contributed by atoms with Crippen LogP contribution in [0.25, 0.3) is 0 Å². The topological polar surface area (TPSA) is 35.2 Å². The molecule has 0 saturated heterocycles. The SMILES string of the molecule is CC(C)CC(C)Oc1ccc(N)cc1F. The van der Waals surface area contributed by atoms with Gasteiger partial charge in [-0.3, -0.25) is 0 Å². The predicted molar refractivity (Wildman–Crippen MR) is 60.4 cm³/mol. The zero-order valence-electron chi connectivity index (χ0n) is 9.46. The standard InChI is InChI=1S/C12H18FNO/c1-8(2)6-9(3)15-12-5-4-10(14)7-11(12)13/h4-5,7-9H,6,14H2,1-3H3. The zero-order chi connectivity index (χ0) is 11.4. The first-order valence-electron chi connectivity index (χ1n) is 5.20. The number of nitrogen functional groups attached to an aromatic ring is 1. The second-order valence-corrected chi connectivity index (χ2v) is 4.25. The van der Waals surface area contributed by atoms with Crippen LogP contribution in [0, 0.1) is 11.7 Å². The molecule has 2 nitrogen and oxygen atoms in total. The normalized spacial score (nSPS) is 12.9. The van der Waals surface area contributed by atoms with Gasteiger partial charge in [-0.2, -0.15) is 0 Å². The monoisotopic (exact) mass is 211 g/mol. The Bertz CT molecular complexity index is 325. The molecule has 3 heteroatoms. The van der Waals surface area contributed by atoms with E-state index in [0.29, 0.717) is 11.6 Å². The average molecular weight is 211 g/mol. The predicted octanol–water partition coefficient (Wildman–Crippen LogP) is 3.22. The number of anilines is 1. The largest absolute Gasteiger partial charge is 0.488 e. The van der Waals surface area contributed by atoms with Crippen molar-refractivity contribution in [2.75, 3.05) is 5.73 Å². The molecule has 2 N–H and O–H groups in total. The molecule has 0 aromatic heterocycles. The van der Waals surface area contributed by atoms with Crippen LogP contribution in [0.3, 0.4) is 0 Å². The number of ether oxygens (including phenoxy) is 1. The van der Waals surface area contributed by atoms with Crippen molar-refractivity contribution in [1.29, 1.82) is 0 Å². The molecule has 84 valence electrons. The quantitative estimate of drug-likeness (QED) is 0.776. The summed E-state index contributed by atoms with van der Waals surface area (Å²) < 4.78 is 18.8. The second-order valence-electron chi connectivity index (χ2n) is 4.25. The maximum Gasteiger partial charge on any atom is 0.167 e. The van der Waals surface area contributed by atoms with Gasteiger partial charge in [-0.05, 0) is 31.4 Å². The van der Waals surface area contributed by atoms with Gasteiger partial charge in [0.2, 0.25) is 0 Å². The lowest BCUT2D eigenvalue weighted by atomic mass is 10.1. The molecule has 0 radical (unpaired) electrons. The highest BCUT2D eigenvalue weighted by Gasteiger charge is 2.10. The molecule has 0 fully saturated rings. The summed E-state index contributed by atoms with van der Waals surface area (Å²) in [6, 6.07) is 4.49. The number of hydrogen-bond acceptors (Lipinski definition) is 2. The summed E-state index contributed by atoms with van der Waals surface area (Å²) in [6.07, 6.45) is 0.923. The zero-order valence-corrected chi connectivity index (χ0v) is 9.46. The van der Waals surface area contributed by atoms with Gasteiger partial charge in [0.05, 0.1) is 6.10 Å². The Morgan fingerprint density at radius 2 is 2.00 bits per heavy atom. The second kappa shape index (κ2) is 5.01. The fraction of sp³-hybridized carbons (Fsp3) is 0.500. The summed E-state index contributed by atoms with van der Waals surface area (Å²) in [6.45, 7) is 6.16. The van der Waals surface area contributed by atoms with Gasteiger partial charge in [-0.1, -0.05) is 13.8 Å². The number of rotatable bonds is 4. The van der Waals surface area contributed by atoms with Crippen LogP contribution in [0.5, 0.6) is 5.75 Å². The van der Waals surface area contributed by atoms with Crippen molar-refractivity contribution in [3.63, 3.8) is 0 Å². The first kappa shape index (κ1) is 11.8. The molecule has 0 aliphatic carbocycles. The molecule has 1 rings (SSSR count). The maximum atomic E-state index is 13.3. The van der Waals surface area contributed by atoms with Crippen LogP contribution in [0.2, 0.25) is 0 Å².